The fourth-order valence-corrected chi connectivity index (χ4v) is 2.48. The quantitative estimate of drug-likeness (QED) is 0.632. The lowest BCUT2D eigenvalue weighted by atomic mass is 9.80. The van der Waals surface area contributed by atoms with Crippen LogP contribution in [0.25, 0.3) is 5.65 Å². The topological polar surface area (TPSA) is 62.1 Å². The first-order valence-corrected chi connectivity index (χ1v) is 8.75. The molecule has 2 aromatic rings. The molecule has 0 bridgehead atoms. The minimum absolute atomic E-state index is 0.331. The van der Waals surface area contributed by atoms with Gasteiger partial charge in [-0.25, -0.2) is 9.78 Å². The molecule has 3 heterocycles. The Morgan fingerprint density at radius 2 is 1.84 bits per heavy atom. The van der Waals surface area contributed by atoms with Gasteiger partial charge in [-0.2, -0.15) is 0 Å². The van der Waals surface area contributed by atoms with Crippen molar-refractivity contribution in [2.75, 3.05) is 6.61 Å². The van der Waals surface area contributed by atoms with E-state index < -0.39 is 18.3 Å². The zero-order chi connectivity index (χ0) is 18.8. The van der Waals surface area contributed by atoms with Gasteiger partial charge in [-0.1, -0.05) is 13.8 Å². The zero-order valence-electron chi connectivity index (χ0n) is 16.1. The first kappa shape index (κ1) is 19.5. The van der Waals surface area contributed by atoms with E-state index in [1.165, 1.54) is 6.20 Å². The van der Waals surface area contributed by atoms with Gasteiger partial charge in [0.25, 0.3) is 0 Å². The molecular formula is C18H27BN2O4. The number of nitrogens with zero attached hydrogens (tertiary/aromatic N) is 2. The Morgan fingerprint density at radius 3 is 2.40 bits per heavy atom. The number of hydrogen-bond donors (Lipinski definition) is 0. The van der Waals surface area contributed by atoms with Crippen LogP contribution in [0.2, 0.25) is 0 Å². The number of carbonyl (C=O) groups is 1. The van der Waals surface area contributed by atoms with E-state index in [2.05, 4.69) is 4.98 Å². The van der Waals surface area contributed by atoms with Crippen molar-refractivity contribution in [3.8, 4) is 0 Å². The fourth-order valence-electron chi connectivity index (χ4n) is 2.48. The third-order valence-corrected chi connectivity index (χ3v) is 4.55. The number of rotatable bonds is 3. The SMILES string of the molecule is CC.CCOC(=O)c1cnc2cc(B3OC(C)(C)C(C)(C)O3)ccn12. The van der Waals surface area contributed by atoms with Crippen molar-refractivity contribution in [1.82, 2.24) is 9.38 Å². The first-order valence-electron chi connectivity index (χ1n) is 8.75. The second kappa shape index (κ2) is 7.18. The highest BCUT2D eigenvalue weighted by molar-refractivity contribution is 6.62. The predicted octanol–water partition coefficient (Wildman–Crippen LogP) is 2.84. The molecule has 3 rings (SSSR count). The predicted molar refractivity (Wildman–Crippen MR) is 98.2 cm³/mol. The fraction of sp³-hybridized carbons (Fsp3) is 0.556. The summed E-state index contributed by atoms with van der Waals surface area (Å²) < 4.78 is 18.8. The third-order valence-electron chi connectivity index (χ3n) is 4.55. The van der Waals surface area contributed by atoms with Crippen molar-refractivity contribution in [2.24, 2.45) is 0 Å². The Bertz CT molecular complexity index is 739. The molecule has 0 spiro atoms. The Morgan fingerprint density at radius 1 is 1.24 bits per heavy atom. The lowest BCUT2D eigenvalue weighted by molar-refractivity contribution is 0.00578. The maximum absolute atomic E-state index is 11.9. The van der Waals surface area contributed by atoms with Crippen LogP contribution in [0.15, 0.2) is 24.5 Å². The van der Waals surface area contributed by atoms with Gasteiger partial charge in [-0.3, -0.25) is 4.40 Å². The van der Waals surface area contributed by atoms with Crippen molar-refractivity contribution in [2.45, 2.75) is 59.7 Å². The highest BCUT2D eigenvalue weighted by Crippen LogP contribution is 2.36. The summed E-state index contributed by atoms with van der Waals surface area (Å²) in [4.78, 5) is 16.2. The number of hydrogen-bond acceptors (Lipinski definition) is 5. The van der Waals surface area contributed by atoms with Gasteiger partial charge in [-0.15, -0.1) is 0 Å². The summed E-state index contributed by atoms with van der Waals surface area (Å²) in [5, 5.41) is 0. The molecule has 25 heavy (non-hydrogen) atoms. The molecule has 136 valence electrons. The van der Waals surface area contributed by atoms with Crippen molar-refractivity contribution >= 4 is 24.2 Å². The number of esters is 1. The molecule has 0 N–H and O–H groups in total. The van der Waals surface area contributed by atoms with Crippen molar-refractivity contribution in [3.63, 3.8) is 0 Å². The van der Waals surface area contributed by atoms with Gasteiger partial charge in [0.15, 0.2) is 5.69 Å². The molecule has 0 unspecified atom stereocenters. The van der Waals surface area contributed by atoms with Crippen molar-refractivity contribution in [1.29, 1.82) is 0 Å². The van der Waals surface area contributed by atoms with Crippen LogP contribution in [-0.4, -0.2) is 40.3 Å². The Labute approximate surface area is 149 Å². The van der Waals surface area contributed by atoms with Crippen LogP contribution in [0.5, 0.6) is 0 Å². The van der Waals surface area contributed by atoms with Gasteiger partial charge in [0, 0.05) is 6.20 Å². The van der Waals surface area contributed by atoms with Crippen LogP contribution in [0, 0.1) is 0 Å². The van der Waals surface area contributed by atoms with Gasteiger partial charge in [0.05, 0.1) is 24.0 Å². The third kappa shape index (κ3) is 3.57. The Hall–Kier alpha value is -1.86. The lowest BCUT2D eigenvalue weighted by Gasteiger charge is -2.32. The van der Waals surface area contributed by atoms with Crippen LogP contribution in [-0.2, 0) is 14.0 Å². The van der Waals surface area contributed by atoms with Gasteiger partial charge in [0.2, 0.25) is 0 Å². The summed E-state index contributed by atoms with van der Waals surface area (Å²) in [6, 6.07) is 3.74. The number of carbonyl (C=O) groups excluding carboxylic acids is 1. The number of fused-ring (bicyclic) bond motifs is 1. The van der Waals surface area contributed by atoms with Crippen LogP contribution in [0.4, 0.5) is 0 Å². The van der Waals surface area contributed by atoms with Gasteiger partial charge in [0.1, 0.15) is 5.65 Å². The summed E-state index contributed by atoms with van der Waals surface area (Å²) in [5.74, 6) is -0.386. The number of pyridine rings is 1. The second-order valence-corrected chi connectivity index (χ2v) is 6.64. The van der Waals surface area contributed by atoms with Crippen molar-refractivity contribution in [3.05, 3.63) is 30.2 Å². The van der Waals surface area contributed by atoms with Crippen LogP contribution >= 0.6 is 0 Å². The largest absolute Gasteiger partial charge is 0.495 e. The van der Waals surface area contributed by atoms with E-state index in [0.717, 1.165) is 5.46 Å². The summed E-state index contributed by atoms with van der Waals surface area (Å²) in [6.07, 6.45) is 3.30. The van der Waals surface area contributed by atoms with Gasteiger partial charge >= 0.3 is 13.1 Å². The smallest absolute Gasteiger partial charge is 0.461 e. The van der Waals surface area contributed by atoms with Crippen LogP contribution in [0.1, 0.15) is 59.0 Å². The molecule has 0 atom stereocenters. The monoisotopic (exact) mass is 346 g/mol. The molecule has 2 aromatic heterocycles. The maximum Gasteiger partial charge on any atom is 0.495 e. The molecular weight excluding hydrogens is 319 g/mol. The molecule has 1 aliphatic heterocycles. The number of ether oxygens (including phenoxy) is 1. The minimum atomic E-state index is -0.451. The molecule has 0 radical (unpaired) electrons. The van der Waals surface area contributed by atoms with E-state index in [4.69, 9.17) is 14.0 Å². The van der Waals surface area contributed by atoms with E-state index in [9.17, 15) is 4.79 Å². The maximum atomic E-state index is 11.9. The highest BCUT2D eigenvalue weighted by Gasteiger charge is 2.51. The number of aromatic nitrogens is 2. The van der Waals surface area contributed by atoms with Crippen molar-refractivity contribution < 1.29 is 18.8 Å². The van der Waals surface area contributed by atoms with E-state index in [1.807, 2.05) is 53.7 Å². The summed E-state index contributed by atoms with van der Waals surface area (Å²) in [7, 11) is -0.451. The summed E-state index contributed by atoms with van der Waals surface area (Å²) >= 11 is 0. The molecule has 0 amide bonds. The van der Waals surface area contributed by atoms with Crippen LogP contribution in [0.3, 0.4) is 0 Å². The van der Waals surface area contributed by atoms with E-state index in [-0.39, 0.29) is 5.97 Å². The number of imidazole rings is 1. The molecule has 0 saturated carbocycles. The second-order valence-electron chi connectivity index (χ2n) is 6.64. The van der Waals surface area contributed by atoms with E-state index >= 15 is 0 Å². The van der Waals surface area contributed by atoms with Gasteiger partial charge in [-0.05, 0) is 52.2 Å². The van der Waals surface area contributed by atoms with E-state index in [0.29, 0.717) is 17.9 Å². The molecule has 0 aromatic carbocycles. The highest BCUT2D eigenvalue weighted by atomic mass is 16.7. The molecule has 1 saturated heterocycles. The summed E-state index contributed by atoms with van der Waals surface area (Å²) in [6.45, 7) is 14.2. The normalized spacial score (nSPS) is 18.0. The molecule has 1 aliphatic rings. The molecule has 1 fully saturated rings. The zero-order valence-corrected chi connectivity index (χ0v) is 16.1. The lowest BCUT2D eigenvalue weighted by Crippen LogP contribution is -2.41. The first-order chi connectivity index (χ1) is 11.7. The Kier molecular flexibility index (Phi) is 5.59. The standard InChI is InChI=1S/C16H21BN2O4.C2H6/c1-6-21-14(20)12-10-18-13-9-11(7-8-19(12)13)17-22-15(2,3)16(4,5)23-17;1-2/h7-10H,6H2,1-5H3;1-2H3. The Balaban J connectivity index is 0.00000109. The molecule has 6 nitrogen and oxygen atoms in total. The van der Waals surface area contributed by atoms with E-state index in [1.54, 1.807) is 17.5 Å². The average Bonchev–Trinajstić information content (AvgIpc) is 3.07. The average molecular weight is 346 g/mol. The van der Waals surface area contributed by atoms with Gasteiger partial charge < -0.3 is 14.0 Å². The minimum Gasteiger partial charge on any atom is -0.461 e. The van der Waals surface area contributed by atoms with Crippen LogP contribution < -0.4 is 5.46 Å². The summed E-state index contributed by atoms with van der Waals surface area (Å²) in [5.41, 5.74) is 1.14. The molecule has 7 heteroatoms. The molecule has 0 aliphatic carbocycles.